The van der Waals surface area contributed by atoms with Crippen LogP contribution in [0.15, 0.2) is 18.2 Å². The fourth-order valence-electron chi connectivity index (χ4n) is 4.92. The number of hydrogen-bond acceptors (Lipinski definition) is 6. The van der Waals surface area contributed by atoms with Gasteiger partial charge < -0.3 is 10.2 Å². The predicted molar refractivity (Wildman–Crippen MR) is 131 cm³/mol. The lowest BCUT2D eigenvalue weighted by molar-refractivity contribution is -0.384. The summed E-state index contributed by atoms with van der Waals surface area (Å²) in [6.45, 7) is 8.29. The number of hydrogen-bond donors (Lipinski definition) is 1. The highest BCUT2D eigenvalue weighted by atomic mass is 32.1. The SMILES string of the molecule is CC(C)(C)[C@H]1CCc2c(sc(NC(=O)c3ccc(N4CCCCC4)c([N+](=O)[O-])c3)c2C#N)C1. The van der Waals surface area contributed by atoms with E-state index in [1.165, 1.54) is 22.3 Å². The molecule has 1 aliphatic heterocycles. The Bertz CT molecular complexity index is 1120. The average Bonchev–Trinajstić information content (AvgIpc) is 3.14. The maximum atomic E-state index is 13.0. The number of benzene rings is 1. The van der Waals surface area contributed by atoms with Crippen molar-refractivity contribution in [1.82, 2.24) is 0 Å². The summed E-state index contributed by atoms with van der Waals surface area (Å²) in [7, 11) is 0. The molecule has 1 N–H and O–H groups in total. The number of piperidine rings is 1. The number of amides is 1. The molecule has 7 nitrogen and oxygen atoms in total. The molecule has 1 aromatic heterocycles. The van der Waals surface area contributed by atoms with Crippen LogP contribution in [0.1, 0.15) is 72.8 Å². The van der Waals surface area contributed by atoms with Crippen LogP contribution in [0.25, 0.3) is 0 Å². The second-order valence-corrected chi connectivity index (χ2v) is 11.2. The molecular formula is C25H30N4O3S. The van der Waals surface area contributed by atoms with Crippen molar-refractivity contribution >= 4 is 33.6 Å². The number of carbonyl (C=O) groups excluding carboxylic acids is 1. The van der Waals surface area contributed by atoms with Gasteiger partial charge in [-0.15, -0.1) is 11.3 Å². The van der Waals surface area contributed by atoms with Crippen molar-refractivity contribution in [3.8, 4) is 6.07 Å². The van der Waals surface area contributed by atoms with E-state index in [2.05, 4.69) is 32.2 Å². The number of anilines is 2. The van der Waals surface area contributed by atoms with Gasteiger partial charge in [0.05, 0.1) is 10.5 Å². The van der Waals surface area contributed by atoms with E-state index in [4.69, 9.17) is 0 Å². The third kappa shape index (κ3) is 4.74. The van der Waals surface area contributed by atoms with Gasteiger partial charge in [-0.05, 0) is 67.6 Å². The van der Waals surface area contributed by atoms with Gasteiger partial charge in [-0.1, -0.05) is 20.8 Å². The van der Waals surface area contributed by atoms with Crippen molar-refractivity contribution in [3.63, 3.8) is 0 Å². The molecule has 1 atom stereocenters. The van der Waals surface area contributed by atoms with E-state index in [1.54, 1.807) is 12.1 Å². The van der Waals surface area contributed by atoms with Gasteiger partial charge in [0, 0.05) is 29.6 Å². The number of rotatable bonds is 4. The molecule has 2 aromatic rings. The second-order valence-electron chi connectivity index (χ2n) is 10.1. The Morgan fingerprint density at radius 1 is 1.27 bits per heavy atom. The van der Waals surface area contributed by atoms with E-state index >= 15 is 0 Å². The summed E-state index contributed by atoms with van der Waals surface area (Å²) in [6.07, 6.45) is 5.92. The van der Waals surface area contributed by atoms with Gasteiger partial charge >= 0.3 is 0 Å². The van der Waals surface area contributed by atoms with Crippen LogP contribution in [0.4, 0.5) is 16.4 Å². The summed E-state index contributed by atoms with van der Waals surface area (Å²) >= 11 is 1.47. The van der Waals surface area contributed by atoms with Crippen molar-refractivity contribution in [2.24, 2.45) is 11.3 Å². The molecule has 1 aromatic carbocycles. The molecular weight excluding hydrogens is 436 g/mol. The van der Waals surface area contributed by atoms with Crippen LogP contribution in [0, 0.1) is 32.8 Å². The molecule has 0 bridgehead atoms. The van der Waals surface area contributed by atoms with E-state index in [-0.39, 0.29) is 16.7 Å². The van der Waals surface area contributed by atoms with Gasteiger partial charge in [0.25, 0.3) is 11.6 Å². The molecule has 0 spiro atoms. The number of nitro benzene ring substituents is 1. The minimum Gasteiger partial charge on any atom is -0.366 e. The molecule has 0 radical (unpaired) electrons. The summed E-state index contributed by atoms with van der Waals surface area (Å²) in [4.78, 5) is 27.6. The largest absolute Gasteiger partial charge is 0.366 e. The van der Waals surface area contributed by atoms with Gasteiger partial charge in [-0.25, -0.2) is 0 Å². The van der Waals surface area contributed by atoms with Crippen molar-refractivity contribution in [2.45, 2.75) is 59.3 Å². The molecule has 0 unspecified atom stereocenters. The maximum absolute atomic E-state index is 13.0. The number of fused-ring (bicyclic) bond motifs is 1. The molecule has 2 aliphatic rings. The Balaban J connectivity index is 1.59. The molecule has 174 valence electrons. The van der Waals surface area contributed by atoms with Gasteiger partial charge in [-0.3, -0.25) is 14.9 Å². The summed E-state index contributed by atoms with van der Waals surface area (Å²) in [5.74, 6) is 0.106. The topological polar surface area (TPSA) is 99.3 Å². The fourth-order valence-corrected chi connectivity index (χ4v) is 6.19. The van der Waals surface area contributed by atoms with Crippen molar-refractivity contribution in [2.75, 3.05) is 23.3 Å². The van der Waals surface area contributed by atoms with Crippen LogP contribution in [0.2, 0.25) is 0 Å². The van der Waals surface area contributed by atoms with Gasteiger partial charge in [0.2, 0.25) is 0 Å². The molecule has 8 heteroatoms. The van der Waals surface area contributed by atoms with Gasteiger partial charge in [-0.2, -0.15) is 5.26 Å². The smallest absolute Gasteiger partial charge is 0.293 e. The Morgan fingerprint density at radius 3 is 2.64 bits per heavy atom. The molecule has 1 aliphatic carbocycles. The molecule has 2 heterocycles. The fraction of sp³-hybridized carbons (Fsp3) is 0.520. The number of nitriles is 1. The number of nitro groups is 1. The van der Waals surface area contributed by atoms with Crippen molar-refractivity contribution < 1.29 is 9.72 Å². The van der Waals surface area contributed by atoms with Crippen molar-refractivity contribution in [3.05, 3.63) is 49.9 Å². The minimum absolute atomic E-state index is 0.0523. The lowest BCUT2D eigenvalue weighted by Crippen LogP contribution is -2.30. The van der Waals surface area contributed by atoms with Gasteiger partial charge in [0.1, 0.15) is 16.8 Å². The Hall–Kier alpha value is -2.92. The van der Waals surface area contributed by atoms with Crippen LogP contribution in [-0.2, 0) is 12.8 Å². The summed E-state index contributed by atoms with van der Waals surface area (Å²) < 4.78 is 0. The molecule has 4 rings (SSSR count). The monoisotopic (exact) mass is 466 g/mol. The lowest BCUT2D eigenvalue weighted by atomic mass is 9.72. The van der Waals surface area contributed by atoms with Crippen LogP contribution in [0.3, 0.4) is 0 Å². The summed E-state index contributed by atoms with van der Waals surface area (Å²) in [5, 5.41) is 24.9. The highest BCUT2D eigenvalue weighted by Gasteiger charge is 2.32. The minimum atomic E-state index is -0.425. The summed E-state index contributed by atoms with van der Waals surface area (Å²) in [5.41, 5.74) is 2.51. The number of nitrogens with zero attached hydrogens (tertiary/aromatic N) is 3. The zero-order valence-corrected chi connectivity index (χ0v) is 20.3. The first-order valence-corrected chi connectivity index (χ1v) is 12.4. The first-order chi connectivity index (χ1) is 15.7. The molecule has 1 amide bonds. The normalized spacial score (nSPS) is 18.4. The highest BCUT2D eigenvalue weighted by Crippen LogP contribution is 2.44. The van der Waals surface area contributed by atoms with Crippen LogP contribution < -0.4 is 10.2 Å². The predicted octanol–water partition coefficient (Wildman–Crippen LogP) is 5.92. The second kappa shape index (κ2) is 9.14. The Morgan fingerprint density at radius 2 is 2.00 bits per heavy atom. The average molecular weight is 467 g/mol. The highest BCUT2D eigenvalue weighted by molar-refractivity contribution is 7.16. The van der Waals surface area contributed by atoms with Crippen LogP contribution in [-0.4, -0.2) is 23.9 Å². The lowest BCUT2D eigenvalue weighted by Gasteiger charge is -2.33. The quantitative estimate of drug-likeness (QED) is 0.445. The third-order valence-corrected chi connectivity index (χ3v) is 8.13. The number of thiophene rings is 1. The molecule has 33 heavy (non-hydrogen) atoms. The zero-order valence-electron chi connectivity index (χ0n) is 19.4. The van der Waals surface area contributed by atoms with E-state index in [1.807, 2.05) is 4.90 Å². The molecule has 1 fully saturated rings. The Kier molecular flexibility index (Phi) is 6.44. The van der Waals surface area contributed by atoms with Gasteiger partial charge in [0.15, 0.2) is 0 Å². The third-order valence-electron chi connectivity index (χ3n) is 6.96. The zero-order chi connectivity index (χ0) is 23.8. The molecule has 1 saturated heterocycles. The number of carbonyl (C=O) groups is 1. The first-order valence-electron chi connectivity index (χ1n) is 11.6. The Labute approximate surface area is 198 Å². The van der Waals surface area contributed by atoms with Crippen molar-refractivity contribution in [1.29, 1.82) is 5.26 Å². The van der Waals surface area contributed by atoms with Crippen LogP contribution >= 0.6 is 11.3 Å². The first kappa shape index (κ1) is 23.2. The molecule has 0 saturated carbocycles. The number of nitrogens with one attached hydrogen (secondary N) is 1. The van der Waals surface area contributed by atoms with E-state index in [0.29, 0.717) is 22.2 Å². The summed E-state index contributed by atoms with van der Waals surface area (Å²) in [6, 6.07) is 6.95. The maximum Gasteiger partial charge on any atom is 0.293 e. The van der Waals surface area contributed by atoms with E-state index in [9.17, 15) is 20.2 Å². The standard InChI is InChI=1S/C25H30N4O3S/c1-25(2,3)17-8-9-18-19(15-26)24(33-22(18)14-17)27-23(30)16-7-10-20(21(13-16)29(31)32)28-11-5-4-6-12-28/h7,10,13,17H,4-6,8-9,11-12,14H2,1-3H3,(H,27,30)/t17-/m0/s1. The van der Waals surface area contributed by atoms with E-state index < -0.39 is 10.8 Å². The van der Waals surface area contributed by atoms with Crippen LogP contribution in [0.5, 0.6) is 0 Å². The van der Waals surface area contributed by atoms with E-state index in [0.717, 1.165) is 57.2 Å².